The van der Waals surface area contributed by atoms with Crippen LogP contribution in [0, 0.1) is 5.92 Å². The quantitative estimate of drug-likeness (QED) is 0.205. The number of pyridine rings is 1. The molecule has 0 radical (unpaired) electrons. The van der Waals surface area contributed by atoms with E-state index in [1.54, 1.807) is 6.20 Å². The summed E-state index contributed by atoms with van der Waals surface area (Å²) in [5, 5.41) is 0. The van der Waals surface area contributed by atoms with Crippen LogP contribution in [0.1, 0.15) is 74.0 Å². The van der Waals surface area contributed by atoms with Crippen molar-refractivity contribution < 1.29 is 19.1 Å². The van der Waals surface area contributed by atoms with Crippen LogP contribution in [0.25, 0.3) is 5.65 Å². The van der Waals surface area contributed by atoms with E-state index in [0.717, 1.165) is 62.0 Å². The van der Waals surface area contributed by atoms with E-state index in [-0.39, 0.29) is 24.3 Å². The van der Waals surface area contributed by atoms with Crippen molar-refractivity contribution in [2.45, 2.75) is 76.4 Å². The van der Waals surface area contributed by atoms with Gasteiger partial charge in [0.1, 0.15) is 23.8 Å². The fraction of sp³-hybridized carbons (Fsp3) is 0.447. The number of hydrogen-bond acceptors (Lipinski definition) is 5. The predicted octanol–water partition coefficient (Wildman–Crippen LogP) is 6.42. The molecule has 2 amide bonds. The second-order valence-corrected chi connectivity index (χ2v) is 13.2. The van der Waals surface area contributed by atoms with Crippen LogP contribution in [0.15, 0.2) is 79.3 Å². The number of carbonyl (C=O) groups is 2. The summed E-state index contributed by atoms with van der Waals surface area (Å²) in [4.78, 5) is 35.9. The highest BCUT2D eigenvalue weighted by atomic mass is 16.5. The van der Waals surface area contributed by atoms with Gasteiger partial charge in [-0.25, -0.2) is 4.98 Å². The van der Waals surface area contributed by atoms with E-state index in [0.29, 0.717) is 37.0 Å². The normalized spacial score (nSPS) is 19.0. The largest absolute Gasteiger partial charge is 0.489 e. The predicted molar refractivity (Wildman–Crippen MR) is 177 cm³/mol. The lowest BCUT2D eigenvalue weighted by Crippen LogP contribution is -2.50. The van der Waals surface area contributed by atoms with Gasteiger partial charge in [-0.2, -0.15) is 0 Å². The number of aryl methyl sites for hydroxylation is 1. The third-order valence-electron chi connectivity index (χ3n) is 10.1. The maximum atomic E-state index is 14.4. The van der Waals surface area contributed by atoms with Crippen LogP contribution >= 0.6 is 0 Å². The van der Waals surface area contributed by atoms with E-state index in [1.165, 1.54) is 24.8 Å². The van der Waals surface area contributed by atoms with Gasteiger partial charge in [0.25, 0.3) is 5.91 Å². The van der Waals surface area contributed by atoms with Crippen molar-refractivity contribution in [2.75, 3.05) is 26.2 Å². The van der Waals surface area contributed by atoms with Gasteiger partial charge in [-0.3, -0.25) is 9.59 Å². The van der Waals surface area contributed by atoms with E-state index in [4.69, 9.17) is 9.47 Å². The molecule has 46 heavy (non-hydrogen) atoms. The fourth-order valence-electron chi connectivity index (χ4n) is 7.50. The van der Waals surface area contributed by atoms with Gasteiger partial charge < -0.3 is 23.7 Å². The SMILES string of the molecule is O=C(CN(CC(c1ccccc1)C1CCCCC1)C(=O)C1CCc2ccc(OCc3ccc4nccn4c3)cc2O1)N1CCCC1. The van der Waals surface area contributed by atoms with Gasteiger partial charge in [0.2, 0.25) is 5.91 Å². The maximum Gasteiger partial charge on any atom is 0.264 e. The fourth-order valence-corrected chi connectivity index (χ4v) is 7.50. The molecule has 4 aromatic rings. The molecule has 240 valence electrons. The zero-order valence-corrected chi connectivity index (χ0v) is 26.6. The molecule has 0 bridgehead atoms. The Kier molecular flexibility index (Phi) is 9.22. The van der Waals surface area contributed by atoms with Gasteiger partial charge in [0.15, 0.2) is 6.10 Å². The van der Waals surface area contributed by atoms with Gasteiger partial charge in [-0.05, 0) is 67.7 Å². The molecule has 1 saturated heterocycles. The number of nitrogens with zero attached hydrogens (tertiary/aromatic N) is 4. The molecule has 2 atom stereocenters. The van der Waals surface area contributed by atoms with Crippen molar-refractivity contribution in [3.05, 3.63) is 95.9 Å². The zero-order valence-electron chi connectivity index (χ0n) is 26.6. The monoisotopic (exact) mass is 620 g/mol. The van der Waals surface area contributed by atoms with E-state index in [2.05, 4.69) is 29.2 Å². The molecule has 0 spiro atoms. The molecular weight excluding hydrogens is 576 g/mol. The van der Waals surface area contributed by atoms with Crippen LogP contribution in [-0.2, 0) is 22.6 Å². The number of likely N-dealkylation sites (tertiary alicyclic amines) is 1. The molecule has 2 aromatic heterocycles. The number of ether oxygens (including phenoxy) is 2. The summed E-state index contributed by atoms with van der Waals surface area (Å²) >= 11 is 0. The lowest BCUT2D eigenvalue weighted by molar-refractivity contribution is -0.145. The van der Waals surface area contributed by atoms with Crippen LogP contribution in [0.5, 0.6) is 11.5 Å². The summed E-state index contributed by atoms with van der Waals surface area (Å²) in [5.41, 5.74) is 4.25. The average Bonchev–Trinajstić information content (AvgIpc) is 3.82. The molecule has 1 aliphatic carbocycles. The molecule has 8 heteroatoms. The number of carbonyl (C=O) groups excluding carboxylic acids is 2. The number of rotatable bonds is 10. The second kappa shape index (κ2) is 14.0. The van der Waals surface area contributed by atoms with Crippen molar-refractivity contribution in [3.8, 4) is 11.5 Å². The Morgan fingerprint density at radius 1 is 0.957 bits per heavy atom. The van der Waals surface area contributed by atoms with E-state index in [9.17, 15) is 9.59 Å². The first-order valence-corrected chi connectivity index (χ1v) is 17.1. The summed E-state index contributed by atoms with van der Waals surface area (Å²) in [6.07, 6.45) is 14.5. The number of aromatic nitrogens is 2. The van der Waals surface area contributed by atoms with Gasteiger partial charge >= 0.3 is 0 Å². The first-order chi connectivity index (χ1) is 22.6. The van der Waals surface area contributed by atoms with Gasteiger partial charge in [-0.1, -0.05) is 61.7 Å². The van der Waals surface area contributed by atoms with Crippen molar-refractivity contribution >= 4 is 17.5 Å². The van der Waals surface area contributed by atoms with Crippen molar-refractivity contribution in [1.82, 2.24) is 19.2 Å². The van der Waals surface area contributed by atoms with E-state index < -0.39 is 6.10 Å². The van der Waals surface area contributed by atoms with Crippen LogP contribution < -0.4 is 9.47 Å². The number of benzene rings is 2. The third-order valence-corrected chi connectivity index (χ3v) is 10.1. The number of amides is 2. The first-order valence-electron chi connectivity index (χ1n) is 17.1. The Hall–Kier alpha value is -4.33. The molecule has 8 nitrogen and oxygen atoms in total. The highest BCUT2D eigenvalue weighted by molar-refractivity contribution is 5.87. The molecule has 4 heterocycles. The zero-order chi connectivity index (χ0) is 31.3. The van der Waals surface area contributed by atoms with Crippen LogP contribution in [0.3, 0.4) is 0 Å². The lowest BCUT2D eigenvalue weighted by atomic mass is 9.76. The first kappa shape index (κ1) is 30.3. The van der Waals surface area contributed by atoms with Gasteiger partial charge in [-0.15, -0.1) is 0 Å². The van der Waals surface area contributed by atoms with Crippen LogP contribution in [0.4, 0.5) is 0 Å². The summed E-state index contributed by atoms with van der Waals surface area (Å²) in [7, 11) is 0. The van der Waals surface area contributed by atoms with Crippen molar-refractivity contribution in [3.63, 3.8) is 0 Å². The molecule has 1 saturated carbocycles. The molecule has 7 rings (SSSR count). The number of fused-ring (bicyclic) bond motifs is 2. The standard InChI is InChI=1S/C38H44N4O4/c43-37(40-20-7-8-21-40)26-42(25-33(29-9-3-1-4-10-29)30-11-5-2-6-12-30)38(44)34-17-15-31-14-16-32(23-35(31)46-34)45-27-28-13-18-36-39-19-22-41(36)24-28/h1,3-4,9-10,13-14,16,18-19,22-24,30,33-34H,2,5-8,11-12,15,17,20-21,25-27H2. The molecule has 2 fully saturated rings. The number of imidazole rings is 1. The maximum absolute atomic E-state index is 14.4. The minimum Gasteiger partial charge on any atom is -0.489 e. The van der Waals surface area contributed by atoms with Gasteiger partial charge in [0.05, 0.1) is 6.54 Å². The minimum absolute atomic E-state index is 0.0436. The highest BCUT2D eigenvalue weighted by Gasteiger charge is 2.36. The summed E-state index contributed by atoms with van der Waals surface area (Å²) < 4.78 is 14.6. The molecular formula is C38H44N4O4. The van der Waals surface area contributed by atoms with Gasteiger partial charge in [0, 0.05) is 55.8 Å². The lowest BCUT2D eigenvalue weighted by Gasteiger charge is -2.37. The Morgan fingerprint density at radius 2 is 1.78 bits per heavy atom. The smallest absolute Gasteiger partial charge is 0.264 e. The topological polar surface area (TPSA) is 76.4 Å². The Balaban J connectivity index is 1.08. The molecule has 2 aromatic carbocycles. The summed E-state index contributed by atoms with van der Waals surface area (Å²) in [6, 6.07) is 20.5. The summed E-state index contributed by atoms with van der Waals surface area (Å²) in [6.45, 7) is 2.59. The second-order valence-electron chi connectivity index (χ2n) is 13.2. The Labute approximate surface area is 271 Å². The Bertz CT molecular complexity index is 1640. The average molecular weight is 621 g/mol. The molecule has 0 N–H and O–H groups in total. The molecule has 2 unspecified atom stereocenters. The minimum atomic E-state index is -0.638. The molecule has 2 aliphatic heterocycles. The summed E-state index contributed by atoms with van der Waals surface area (Å²) in [5.74, 6) is 2.02. The third kappa shape index (κ3) is 6.91. The van der Waals surface area contributed by atoms with Crippen LogP contribution in [0.2, 0.25) is 0 Å². The van der Waals surface area contributed by atoms with Crippen LogP contribution in [-0.4, -0.2) is 63.3 Å². The van der Waals surface area contributed by atoms with E-state index in [1.807, 2.05) is 63.0 Å². The van der Waals surface area contributed by atoms with Crippen molar-refractivity contribution in [1.29, 1.82) is 0 Å². The van der Waals surface area contributed by atoms with E-state index >= 15 is 0 Å². The van der Waals surface area contributed by atoms with Crippen molar-refractivity contribution in [2.24, 2.45) is 5.92 Å². The Morgan fingerprint density at radius 3 is 2.61 bits per heavy atom. The number of hydrogen-bond donors (Lipinski definition) is 0. The highest BCUT2D eigenvalue weighted by Crippen LogP contribution is 2.38. The molecule has 3 aliphatic rings.